The number of fused-ring (bicyclic) bond motifs is 1. The van der Waals surface area contributed by atoms with E-state index in [4.69, 9.17) is 0 Å². The highest BCUT2D eigenvalue weighted by molar-refractivity contribution is 6.05. The van der Waals surface area contributed by atoms with Gasteiger partial charge in [0.2, 0.25) is 11.8 Å². The summed E-state index contributed by atoms with van der Waals surface area (Å²) in [6.07, 6.45) is 0.475. The Balaban J connectivity index is 1.94. The number of nitrogens with zero attached hydrogens (tertiary/aromatic N) is 1. The van der Waals surface area contributed by atoms with Gasteiger partial charge in [-0.3, -0.25) is 19.7 Å². The van der Waals surface area contributed by atoms with Gasteiger partial charge in [-0.15, -0.1) is 0 Å². The van der Waals surface area contributed by atoms with Crippen molar-refractivity contribution >= 4 is 17.7 Å². The molecule has 0 spiro atoms. The summed E-state index contributed by atoms with van der Waals surface area (Å²) in [7, 11) is 0. The van der Waals surface area contributed by atoms with Gasteiger partial charge in [-0.2, -0.15) is 0 Å². The highest BCUT2D eigenvalue weighted by atomic mass is 19.1. The molecule has 0 radical (unpaired) electrons. The predicted octanol–water partition coefficient (Wildman–Crippen LogP) is 0.895. The first-order valence-corrected chi connectivity index (χ1v) is 6.41. The highest BCUT2D eigenvalue weighted by Crippen LogP contribution is 2.31. The molecular weight excluding hydrogens is 263 g/mol. The molecule has 104 valence electrons. The smallest absolute Gasteiger partial charge is 0.255 e. The molecule has 2 heterocycles. The number of carbonyl (C=O) groups excluding carboxylic acids is 3. The summed E-state index contributed by atoms with van der Waals surface area (Å²) in [5, 5.41) is 2.22. The lowest BCUT2D eigenvalue weighted by Crippen LogP contribution is -2.52. The first-order chi connectivity index (χ1) is 9.49. The van der Waals surface area contributed by atoms with Gasteiger partial charge in [0.1, 0.15) is 11.9 Å². The second-order valence-electron chi connectivity index (χ2n) is 5.12. The molecule has 1 saturated heterocycles. The summed E-state index contributed by atoms with van der Waals surface area (Å²) in [6, 6.07) is 2.18. The number of benzene rings is 1. The van der Waals surface area contributed by atoms with Gasteiger partial charge in [0.25, 0.3) is 5.91 Å². The average Bonchev–Trinajstić information content (AvgIpc) is 2.73. The Morgan fingerprint density at radius 1 is 1.30 bits per heavy atom. The van der Waals surface area contributed by atoms with Crippen LogP contribution < -0.4 is 5.32 Å². The van der Waals surface area contributed by atoms with Gasteiger partial charge in [0.15, 0.2) is 0 Å². The lowest BCUT2D eigenvalue weighted by atomic mass is 10.0. The van der Waals surface area contributed by atoms with Gasteiger partial charge in [-0.1, -0.05) is 6.07 Å². The molecule has 1 N–H and O–H groups in total. The van der Waals surface area contributed by atoms with Crippen LogP contribution in [0.3, 0.4) is 0 Å². The van der Waals surface area contributed by atoms with Gasteiger partial charge in [0, 0.05) is 12.0 Å². The summed E-state index contributed by atoms with van der Waals surface area (Å²) < 4.78 is 13.8. The topological polar surface area (TPSA) is 66.5 Å². The number of hydrogen-bond acceptors (Lipinski definition) is 3. The minimum Gasteiger partial charge on any atom is -0.322 e. The number of nitrogens with one attached hydrogen (secondary N) is 1. The number of hydrogen-bond donors (Lipinski definition) is 1. The van der Waals surface area contributed by atoms with E-state index >= 15 is 0 Å². The molecule has 1 aromatic rings. The van der Waals surface area contributed by atoms with Gasteiger partial charge < -0.3 is 4.90 Å². The Kier molecular flexibility index (Phi) is 2.81. The largest absolute Gasteiger partial charge is 0.322 e. The van der Waals surface area contributed by atoms with E-state index in [9.17, 15) is 18.8 Å². The van der Waals surface area contributed by atoms with Crippen LogP contribution in [0.1, 0.15) is 34.3 Å². The average molecular weight is 276 g/mol. The van der Waals surface area contributed by atoms with E-state index in [-0.39, 0.29) is 31.2 Å². The Morgan fingerprint density at radius 3 is 2.70 bits per heavy atom. The van der Waals surface area contributed by atoms with Crippen molar-refractivity contribution in [3.8, 4) is 0 Å². The molecule has 1 atom stereocenters. The molecule has 1 fully saturated rings. The van der Waals surface area contributed by atoms with E-state index in [2.05, 4.69) is 5.32 Å². The Morgan fingerprint density at radius 2 is 2.05 bits per heavy atom. The zero-order chi connectivity index (χ0) is 14.4. The standard InChI is InChI=1S/C14H13FN2O3/c1-7-2-3-9(15)8-6-17(14(20)12(7)8)10-4-5-11(18)16-13(10)19/h2-3,10H,4-6H2,1H3,(H,16,18,19). The Labute approximate surface area is 114 Å². The zero-order valence-corrected chi connectivity index (χ0v) is 10.9. The molecule has 2 aliphatic heterocycles. The van der Waals surface area contributed by atoms with E-state index in [0.29, 0.717) is 16.7 Å². The second-order valence-corrected chi connectivity index (χ2v) is 5.12. The molecule has 3 rings (SSSR count). The van der Waals surface area contributed by atoms with Crippen LogP contribution in [0.2, 0.25) is 0 Å². The lowest BCUT2D eigenvalue weighted by Gasteiger charge is -2.29. The van der Waals surface area contributed by atoms with Crippen molar-refractivity contribution in [1.29, 1.82) is 0 Å². The zero-order valence-electron chi connectivity index (χ0n) is 10.9. The SMILES string of the molecule is Cc1ccc(F)c2c1C(=O)N(C1CCC(=O)NC1=O)C2. The van der Waals surface area contributed by atoms with Gasteiger partial charge in [-0.25, -0.2) is 4.39 Å². The van der Waals surface area contributed by atoms with Gasteiger partial charge in [0.05, 0.1) is 12.1 Å². The number of piperidine rings is 1. The quantitative estimate of drug-likeness (QED) is 0.775. The van der Waals surface area contributed by atoms with Crippen LogP contribution in [0, 0.1) is 12.7 Å². The maximum atomic E-state index is 13.8. The second kappa shape index (κ2) is 4.40. The Bertz CT molecular complexity index is 642. The Hall–Kier alpha value is -2.24. The molecule has 0 aliphatic carbocycles. The van der Waals surface area contributed by atoms with Crippen LogP contribution in [0.4, 0.5) is 4.39 Å². The van der Waals surface area contributed by atoms with Gasteiger partial charge >= 0.3 is 0 Å². The maximum Gasteiger partial charge on any atom is 0.255 e. The fourth-order valence-corrected chi connectivity index (χ4v) is 2.81. The lowest BCUT2D eigenvalue weighted by molar-refractivity contribution is -0.136. The van der Waals surface area contributed by atoms with Crippen molar-refractivity contribution in [2.75, 3.05) is 0 Å². The van der Waals surface area contributed by atoms with Crippen molar-refractivity contribution in [1.82, 2.24) is 10.2 Å². The molecule has 1 unspecified atom stereocenters. The summed E-state index contributed by atoms with van der Waals surface area (Å²) in [5.41, 5.74) is 1.37. The van der Waals surface area contributed by atoms with Crippen LogP contribution in [0.5, 0.6) is 0 Å². The molecule has 5 nitrogen and oxygen atoms in total. The molecule has 0 bridgehead atoms. The summed E-state index contributed by atoms with van der Waals surface area (Å²) >= 11 is 0. The van der Waals surface area contributed by atoms with E-state index in [1.54, 1.807) is 13.0 Å². The predicted molar refractivity (Wildman–Crippen MR) is 67.2 cm³/mol. The number of aryl methyl sites for hydroxylation is 1. The summed E-state index contributed by atoms with van der Waals surface area (Å²) in [4.78, 5) is 36.7. The van der Waals surface area contributed by atoms with E-state index in [0.717, 1.165) is 0 Å². The maximum absolute atomic E-state index is 13.8. The van der Waals surface area contributed by atoms with Crippen LogP contribution >= 0.6 is 0 Å². The molecular formula is C14H13FN2O3. The number of halogens is 1. The molecule has 2 aliphatic rings. The molecule has 0 saturated carbocycles. The molecule has 1 aromatic carbocycles. The first kappa shape index (κ1) is 12.8. The minimum atomic E-state index is -0.702. The molecule has 6 heteroatoms. The first-order valence-electron chi connectivity index (χ1n) is 6.41. The van der Waals surface area contributed by atoms with Crippen LogP contribution in [0.15, 0.2) is 12.1 Å². The molecule has 3 amide bonds. The fourth-order valence-electron chi connectivity index (χ4n) is 2.81. The van der Waals surface area contributed by atoms with Crippen LogP contribution in [-0.4, -0.2) is 28.7 Å². The van der Waals surface area contributed by atoms with Crippen molar-refractivity contribution in [3.63, 3.8) is 0 Å². The summed E-state index contributed by atoms with van der Waals surface area (Å²) in [6.45, 7) is 1.82. The van der Waals surface area contributed by atoms with Crippen molar-refractivity contribution in [2.24, 2.45) is 0 Å². The van der Waals surface area contributed by atoms with E-state index in [1.807, 2.05) is 0 Å². The van der Waals surface area contributed by atoms with Crippen molar-refractivity contribution < 1.29 is 18.8 Å². The number of carbonyl (C=O) groups is 3. The third kappa shape index (κ3) is 1.79. The summed E-state index contributed by atoms with van der Waals surface area (Å²) in [5.74, 6) is -1.60. The minimum absolute atomic E-state index is 0.0773. The van der Waals surface area contributed by atoms with E-state index in [1.165, 1.54) is 11.0 Å². The van der Waals surface area contributed by atoms with Crippen molar-refractivity contribution in [3.05, 3.63) is 34.6 Å². The van der Waals surface area contributed by atoms with E-state index < -0.39 is 17.8 Å². The van der Waals surface area contributed by atoms with Crippen LogP contribution in [-0.2, 0) is 16.1 Å². The highest BCUT2D eigenvalue weighted by Gasteiger charge is 2.40. The normalized spacial score (nSPS) is 22.0. The fraction of sp³-hybridized carbons (Fsp3) is 0.357. The van der Waals surface area contributed by atoms with Crippen LogP contribution in [0.25, 0.3) is 0 Å². The third-order valence-electron chi connectivity index (χ3n) is 3.85. The molecule has 0 aromatic heterocycles. The monoisotopic (exact) mass is 276 g/mol. The number of amides is 3. The number of imide groups is 1. The van der Waals surface area contributed by atoms with Crippen molar-refractivity contribution in [2.45, 2.75) is 32.4 Å². The van der Waals surface area contributed by atoms with Gasteiger partial charge in [-0.05, 0) is 25.0 Å². The number of rotatable bonds is 1. The third-order valence-corrected chi connectivity index (χ3v) is 3.85. The molecule has 20 heavy (non-hydrogen) atoms.